The standard InChI is InChI=1S/C26H36N6.C4H10.2C2H6/c1-9-18(2)14-26(32-21(5)25(27)17-29-8)22(6)31-20(4)24-12-10-23(11-13-24)16-30-19(3)15-28-7;1-3-4-2;2*1-2/h9-14,17,20,30-31H,1,3,6-7,15-16,27H2,2,4-5,8H3;3-4H2,1-2H3;2*1-2H3/b18-14+,25-21-,29-17?,32-26+;;;. The summed E-state index contributed by atoms with van der Waals surface area (Å²) in [6.07, 6.45) is 7.92. The molecule has 6 heteroatoms. The average molecular weight is 551 g/mol. The molecule has 40 heavy (non-hydrogen) atoms. The summed E-state index contributed by atoms with van der Waals surface area (Å²) in [5.74, 6) is 0. The van der Waals surface area contributed by atoms with E-state index in [4.69, 9.17) is 5.73 Å². The van der Waals surface area contributed by atoms with Gasteiger partial charge in [-0.3, -0.25) is 9.98 Å². The Bertz CT molecular complexity index is 976. The van der Waals surface area contributed by atoms with Gasteiger partial charge in [0.15, 0.2) is 0 Å². The molecule has 0 aromatic heterocycles. The molecule has 1 aromatic rings. The second kappa shape index (κ2) is 26.9. The Hall–Kier alpha value is -3.67. The van der Waals surface area contributed by atoms with E-state index >= 15 is 0 Å². The smallest absolute Gasteiger partial charge is 0.0861 e. The number of allylic oxidation sites excluding steroid dienone is 5. The number of nitrogens with zero attached hydrogens (tertiary/aromatic N) is 3. The predicted molar refractivity (Wildman–Crippen MR) is 183 cm³/mol. The fourth-order valence-electron chi connectivity index (χ4n) is 2.70. The molecule has 1 unspecified atom stereocenters. The summed E-state index contributed by atoms with van der Waals surface area (Å²) < 4.78 is 0. The Morgan fingerprint density at radius 1 is 1.02 bits per heavy atom. The van der Waals surface area contributed by atoms with Crippen molar-refractivity contribution in [2.24, 2.45) is 20.7 Å². The molecule has 0 heterocycles. The number of aliphatic imine (C=N–C) groups is 3. The highest BCUT2D eigenvalue weighted by Gasteiger charge is 2.10. The van der Waals surface area contributed by atoms with Crippen LogP contribution in [0.3, 0.4) is 0 Å². The predicted octanol–water partition coefficient (Wildman–Crippen LogP) is 8.48. The van der Waals surface area contributed by atoms with E-state index in [-0.39, 0.29) is 6.04 Å². The lowest BCUT2D eigenvalue weighted by atomic mass is 10.0. The Morgan fingerprint density at radius 2 is 1.57 bits per heavy atom. The lowest BCUT2D eigenvalue weighted by Gasteiger charge is -2.19. The molecule has 0 aliphatic carbocycles. The molecule has 1 rings (SSSR count). The number of unbranched alkanes of at least 4 members (excludes halogenated alkanes) is 1. The molecule has 0 saturated heterocycles. The zero-order valence-electron chi connectivity index (χ0n) is 27.2. The number of rotatable bonds is 14. The van der Waals surface area contributed by atoms with Gasteiger partial charge < -0.3 is 16.4 Å². The molecule has 0 aliphatic rings. The van der Waals surface area contributed by atoms with E-state index in [0.29, 0.717) is 35.9 Å². The van der Waals surface area contributed by atoms with E-state index in [0.717, 1.165) is 22.4 Å². The van der Waals surface area contributed by atoms with Crippen molar-refractivity contribution in [2.45, 2.75) is 87.7 Å². The van der Waals surface area contributed by atoms with Crippen LogP contribution in [-0.2, 0) is 6.54 Å². The highest BCUT2D eigenvalue weighted by Crippen LogP contribution is 2.16. The minimum Gasteiger partial charge on any atom is -0.396 e. The van der Waals surface area contributed by atoms with Gasteiger partial charge in [0, 0.05) is 31.5 Å². The molecule has 0 bridgehead atoms. The van der Waals surface area contributed by atoms with E-state index < -0.39 is 0 Å². The molecule has 0 radical (unpaired) electrons. The van der Waals surface area contributed by atoms with Gasteiger partial charge in [-0.15, -0.1) is 0 Å². The van der Waals surface area contributed by atoms with Gasteiger partial charge in [0.05, 0.1) is 29.3 Å². The average Bonchev–Trinajstić information content (AvgIpc) is 2.98. The molecule has 6 nitrogen and oxygen atoms in total. The lowest BCUT2D eigenvalue weighted by molar-refractivity contribution is 0.672. The summed E-state index contributed by atoms with van der Waals surface area (Å²) in [4.78, 5) is 12.4. The molecular formula is C34H58N6. The van der Waals surface area contributed by atoms with Crippen LogP contribution >= 0.6 is 0 Å². The highest BCUT2D eigenvalue weighted by atomic mass is 14.9. The van der Waals surface area contributed by atoms with Crippen molar-refractivity contribution in [1.29, 1.82) is 0 Å². The zero-order chi connectivity index (χ0) is 31.5. The van der Waals surface area contributed by atoms with E-state index in [9.17, 15) is 0 Å². The molecule has 1 atom stereocenters. The number of nitrogens with one attached hydrogen (secondary N) is 2. The Balaban J connectivity index is -0.00000153. The van der Waals surface area contributed by atoms with Gasteiger partial charge in [-0.2, -0.15) is 0 Å². The van der Waals surface area contributed by atoms with Crippen molar-refractivity contribution in [3.63, 3.8) is 0 Å². The Kier molecular flexibility index (Phi) is 27.5. The third kappa shape index (κ3) is 19.4. The second-order valence-electron chi connectivity index (χ2n) is 8.44. The third-order valence-electron chi connectivity index (χ3n) is 5.19. The number of hydrogen-bond acceptors (Lipinski definition) is 6. The minimum absolute atomic E-state index is 0.0333. The van der Waals surface area contributed by atoms with E-state index in [1.54, 1.807) is 19.3 Å². The molecule has 224 valence electrons. The van der Waals surface area contributed by atoms with Crippen LogP contribution in [0.1, 0.15) is 92.3 Å². The Morgan fingerprint density at radius 3 is 2.02 bits per heavy atom. The van der Waals surface area contributed by atoms with Gasteiger partial charge >= 0.3 is 0 Å². The molecular weight excluding hydrogens is 492 g/mol. The fraction of sp³-hybridized carbons (Fsp3) is 0.441. The first kappa shape index (κ1) is 40.8. The quantitative estimate of drug-likeness (QED) is 0.160. The summed E-state index contributed by atoms with van der Waals surface area (Å²) >= 11 is 0. The molecule has 0 saturated carbocycles. The maximum Gasteiger partial charge on any atom is 0.0861 e. The van der Waals surface area contributed by atoms with Crippen molar-refractivity contribution >= 4 is 18.6 Å². The van der Waals surface area contributed by atoms with E-state index in [2.05, 4.69) is 97.1 Å². The van der Waals surface area contributed by atoms with Gasteiger partial charge in [-0.1, -0.05) is 104 Å². The van der Waals surface area contributed by atoms with Crippen molar-refractivity contribution in [2.75, 3.05) is 13.6 Å². The summed E-state index contributed by atoms with van der Waals surface area (Å²) in [6, 6.07) is 8.40. The summed E-state index contributed by atoms with van der Waals surface area (Å²) in [5.41, 5.74) is 12.7. The van der Waals surface area contributed by atoms with Crippen LogP contribution in [0.4, 0.5) is 0 Å². The second-order valence-corrected chi connectivity index (χ2v) is 8.44. The molecule has 0 aliphatic heterocycles. The summed E-state index contributed by atoms with van der Waals surface area (Å²) in [7, 11) is 1.67. The van der Waals surface area contributed by atoms with Crippen molar-refractivity contribution in [3.8, 4) is 0 Å². The highest BCUT2D eigenvalue weighted by molar-refractivity contribution is 6.08. The molecule has 0 amide bonds. The number of benzene rings is 1. The van der Waals surface area contributed by atoms with E-state index in [1.165, 1.54) is 12.8 Å². The minimum atomic E-state index is 0.0333. The number of hydrogen-bond donors (Lipinski definition) is 3. The SMILES string of the molecule is C=C/C(C)=C/C(=N\C(C)=C(/N)C=NC)C(=C)NC(C)c1ccc(CNC(=C)CN=C)cc1.CC.CC.CCCC. The van der Waals surface area contributed by atoms with Crippen LogP contribution in [0.25, 0.3) is 0 Å². The molecule has 1 aromatic carbocycles. The van der Waals surface area contributed by atoms with Crippen LogP contribution in [-0.4, -0.2) is 32.2 Å². The summed E-state index contributed by atoms with van der Waals surface area (Å²) in [5, 5.41) is 6.68. The van der Waals surface area contributed by atoms with Gasteiger partial charge in [0.25, 0.3) is 0 Å². The molecule has 0 fully saturated rings. The first-order valence-corrected chi connectivity index (χ1v) is 14.3. The summed E-state index contributed by atoms with van der Waals surface area (Å²) in [6.45, 7) is 34.9. The third-order valence-corrected chi connectivity index (χ3v) is 5.19. The maximum atomic E-state index is 6.02. The Labute approximate surface area is 246 Å². The van der Waals surface area contributed by atoms with E-state index in [1.807, 2.05) is 47.6 Å². The van der Waals surface area contributed by atoms with Crippen LogP contribution in [0.5, 0.6) is 0 Å². The first-order chi connectivity index (χ1) is 19.1. The monoisotopic (exact) mass is 550 g/mol. The topological polar surface area (TPSA) is 87.2 Å². The van der Waals surface area contributed by atoms with Crippen LogP contribution in [0, 0.1) is 0 Å². The van der Waals surface area contributed by atoms with Gasteiger partial charge in [0.2, 0.25) is 0 Å². The van der Waals surface area contributed by atoms with Gasteiger partial charge in [0.1, 0.15) is 0 Å². The number of nitrogens with two attached hydrogens (primary N) is 1. The van der Waals surface area contributed by atoms with Crippen LogP contribution < -0.4 is 16.4 Å². The van der Waals surface area contributed by atoms with Crippen molar-refractivity contribution < 1.29 is 0 Å². The molecule has 4 N–H and O–H groups in total. The largest absolute Gasteiger partial charge is 0.396 e. The van der Waals surface area contributed by atoms with Crippen molar-refractivity contribution in [1.82, 2.24) is 10.6 Å². The van der Waals surface area contributed by atoms with Gasteiger partial charge in [-0.25, -0.2) is 4.99 Å². The van der Waals surface area contributed by atoms with Crippen LogP contribution in [0.2, 0.25) is 0 Å². The maximum absolute atomic E-state index is 6.02. The zero-order valence-corrected chi connectivity index (χ0v) is 27.2. The van der Waals surface area contributed by atoms with Crippen LogP contribution in [0.15, 0.2) is 99.5 Å². The lowest BCUT2D eigenvalue weighted by Crippen LogP contribution is -2.22. The fourth-order valence-corrected chi connectivity index (χ4v) is 2.70. The normalized spacial score (nSPS) is 12.2. The first-order valence-electron chi connectivity index (χ1n) is 14.3. The van der Waals surface area contributed by atoms with Crippen molar-refractivity contribution in [3.05, 3.63) is 95.6 Å². The molecule has 0 spiro atoms. The van der Waals surface area contributed by atoms with Gasteiger partial charge in [-0.05, 0) is 50.3 Å².